The molecule has 0 aliphatic heterocycles. The molecule has 0 saturated heterocycles. The highest BCUT2D eigenvalue weighted by atomic mass is 35.5. The second kappa shape index (κ2) is 11.9. The number of nitrogens with zero attached hydrogens (tertiary/aromatic N) is 2. The third-order valence-electron chi connectivity index (χ3n) is 4.59. The van der Waals surface area contributed by atoms with Crippen LogP contribution in [0.25, 0.3) is 10.9 Å². The van der Waals surface area contributed by atoms with Gasteiger partial charge in [0.15, 0.2) is 0 Å². The standard InChI is InChI=1S/C24H23N3O3.2ClH/c1-4-11-27(12-5-2)22-15-20(24(29)30)19-14-18(9-10-21(19)26-22)25-23(28)17-8-6-7-16(3)13-17;;/h4-10,13-15H,1-2,11-12H2,3H3,(H,25,28)(H,29,30);2*1H. The molecule has 3 rings (SSSR count). The number of fused-ring (bicyclic) bond motifs is 1. The molecule has 0 unspecified atom stereocenters. The van der Waals surface area contributed by atoms with Crippen LogP contribution in [0.4, 0.5) is 11.5 Å². The summed E-state index contributed by atoms with van der Waals surface area (Å²) in [5.41, 5.74) is 2.65. The maximum absolute atomic E-state index is 12.5. The Morgan fingerprint density at radius 1 is 1.06 bits per heavy atom. The molecule has 1 aromatic heterocycles. The summed E-state index contributed by atoms with van der Waals surface area (Å²) in [6.45, 7) is 10.4. The van der Waals surface area contributed by atoms with E-state index in [4.69, 9.17) is 0 Å². The first-order valence-electron chi connectivity index (χ1n) is 9.45. The summed E-state index contributed by atoms with van der Waals surface area (Å²) >= 11 is 0. The number of hydrogen-bond acceptors (Lipinski definition) is 4. The van der Waals surface area contributed by atoms with E-state index in [2.05, 4.69) is 23.5 Å². The van der Waals surface area contributed by atoms with Gasteiger partial charge in [-0.15, -0.1) is 38.0 Å². The smallest absolute Gasteiger partial charge is 0.336 e. The van der Waals surface area contributed by atoms with Gasteiger partial charge in [0.1, 0.15) is 5.82 Å². The molecule has 168 valence electrons. The van der Waals surface area contributed by atoms with Crippen LogP contribution in [0, 0.1) is 6.92 Å². The van der Waals surface area contributed by atoms with Gasteiger partial charge in [-0.1, -0.05) is 29.8 Å². The summed E-state index contributed by atoms with van der Waals surface area (Å²) in [6, 6.07) is 13.8. The third-order valence-corrected chi connectivity index (χ3v) is 4.59. The number of aromatic nitrogens is 1. The second-order valence-electron chi connectivity index (χ2n) is 6.87. The van der Waals surface area contributed by atoms with E-state index in [9.17, 15) is 14.7 Å². The Morgan fingerprint density at radius 3 is 2.34 bits per heavy atom. The number of amides is 1. The fraction of sp³-hybridized carbons (Fsp3) is 0.125. The Hall–Kier alpha value is -3.35. The summed E-state index contributed by atoms with van der Waals surface area (Å²) < 4.78 is 0. The van der Waals surface area contributed by atoms with Crippen molar-refractivity contribution in [2.24, 2.45) is 0 Å². The minimum absolute atomic E-state index is 0. The number of nitrogens with one attached hydrogen (secondary N) is 1. The minimum atomic E-state index is -1.07. The number of benzene rings is 2. The highest BCUT2D eigenvalue weighted by Gasteiger charge is 2.16. The minimum Gasteiger partial charge on any atom is -0.478 e. The van der Waals surface area contributed by atoms with Crippen LogP contribution in [0.15, 0.2) is 73.8 Å². The van der Waals surface area contributed by atoms with Gasteiger partial charge in [0, 0.05) is 29.7 Å². The number of aryl methyl sites for hydroxylation is 1. The average Bonchev–Trinajstić information content (AvgIpc) is 2.72. The summed E-state index contributed by atoms with van der Waals surface area (Å²) in [6.07, 6.45) is 3.44. The van der Waals surface area contributed by atoms with Crippen molar-refractivity contribution in [2.45, 2.75) is 6.92 Å². The number of aromatic carboxylic acids is 1. The number of anilines is 2. The Labute approximate surface area is 199 Å². The molecule has 1 amide bonds. The Kier molecular flexibility index (Phi) is 9.91. The van der Waals surface area contributed by atoms with Crippen LogP contribution in [-0.4, -0.2) is 35.1 Å². The number of carbonyl (C=O) groups is 2. The first-order chi connectivity index (χ1) is 14.4. The van der Waals surface area contributed by atoms with E-state index >= 15 is 0 Å². The molecule has 0 fully saturated rings. The summed E-state index contributed by atoms with van der Waals surface area (Å²) in [5.74, 6) is -0.804. The Morgan fingerprint density at radius 2 is 1.75 bits per heavy atom. The molecule has 0 spiro atoms. The average molecular weight is 474 g/mol. The lowest BCUT2D eigenvalue weighted by atomic mass is 10.1. The molecule has 3 aromatic rings. The van der Waals surface area contributed by atoms with Crippen LogP contribution in [0.5, 0.6) is 0 Å². The normalized spacial score (nSPS) is 9.78. The SMILES string of the molecule is C=CCN(CC=C)c1cc(C(=O)O)c2cc(NC(=O)c3cccc(C)c3)ccc2n1.Cl.Cl. The maximum Gasteiger partial charge on any atom is 0.336 e. The Bertz CT molecular complexity index is 1140. The lowest BCUT2D eigenvalue weighted by molar-refractivity contribution is 0.0698. The lowest BCUT2D eigenvalue weighted by Crippen LogP contribution is -2.24. The van der Waals surface area contributed by atoms with E-state index in [0.717, 1.165) is 5.56 Å². The first-order valence-corrected chi connectivity index (χ1v) is 9.45. The van der Waals surface area contributed by atoms with Crippen LogP contribution in [0.3, 0.4) is 0 Å². The molecule has 2 N–H and O–H groups in total. The number of hydrogen-bond donors (Lipinski definition) is 2. The molecule has 32 heavy (non-hydrogen) atoms. The van der Waals surface area contributed by atoms with E-state index in [0.29, 0.717) is 41.1 Å². The van der Waals surface area contributed by atoms with Crippen molar-refractivity contribution in [2.75, 3.05) is 23.3 Å². The molecule has 0 atom stereocenters. The highest BCUT2D eigenvalue weighted by Crippen LogP contribution is 2.26. The fourth-order valence-corrected chi connectivity index (χ4v) is 3.19. The van der Waals surface area contributed by atoms with Gasteiger partial charge >= 0.3 is 5.97 Å². The molecule has 0 aliphatic rings. The van der Waals surface area contributed by atoms with Crippen molar-refractivity contribution in [3.05, 3.63) is 90.5 Å². The maximum atomic E-state index is 12.5. The zero-order valence-electron chi connectivity index (χ0n) is 17.6. The topological polar surface area (TPSA) is 82.5 Å². The van der Waals surface area contributed by atoms with Crippen molar-refractivity contribution in [3.8, 4) is 0 Å². The number of carboxylic acids is 1. The number of carbonyl (C=O) groups excluding carboxylic acids is 1. The van der Waals surface area contributed by atoms with Gasteiger partial charge in [0.25, 0.3) is 5.91 Å². The van der Waals surface area contributed by atoms with Gasteiger partial charge in [-0.2, -0.15) is 0 Å². The number of pyridine rings is 1. The fourth-order valence-electron chi connectivity index (χ4n) is 3.19. The number of carboxylic acid groups (broad SMARTS) is 1. The third kappa shape index (κ3) is 6.09. The van der Waals surface area contributed by atoms with Crippen molar-refractivity contribution in [3.63, 3.8) is 0 Å². The van der Waals surface area contributed by atoms with E-state index in [1.54, 1.807) is 42.5 Å². The van der Waals surface area contributed by atoms with E-state index in [-0.39, 0.29) is 36.3 Å². The van der Waals surface area contributed by atoms with Gasteiger partial charge in [-0.05, 0) is 43.3 Å². The number of halogens is 2. The van der Waals surface area contributed by atoms with Gasteiger partial charge in [-0.25, -0.2) is 9.78 Å². The van der Waals surface area contributed by atoms with Gasteiger partial charge in [0.2, 0.25) is 0 Å². The van der Waals surface area contributed by atoms with Crippen LogP contribution < -0.4 is 10.2 Å². The quantitative estimate of drug-likeness (QED) is 0.421. The van der Waals surface area contributed by atoms with Crippen molar-refractivity contribution in [1.82, 2.24) is 4.98 Å². The predicted octanol–water partition coefficient (Wildman–Crippen LogP) is 5.52. The monoisotopic (exact) mass is 473 g/mol. The van der Waals surface area contributed by atoms with Crippen LogP contribution in [0.2, 0.25) is 0 Å². The molecule has 8 heteroatoms. The van der Waals surface area contributed by atoms with Crippen molar-refractivity contribution in [1.29, 1.82) is 0 Å². The largest absolute Gasteiger partial charge is 0.478 e. The summed E-state index contributed by atoms with van der Waals surface area (Å²) in [5, 5.41) is 13.0. The summed E-state index contributed by atoms with van der Waals surface area (Å²) in [4.78, 5) is 30.9. The molecule has 0 bridgehead atoms. The lowest BCUT2D eigenvalue weighted by Gasteiger charge is -2.21. The molecular weight excluding hydrogens is 449 g/mol. The molecule has 2 aromatic carbocycles. The molecule has 6 nitrogen and oxygen atoms in total. The van der Waals surface area contributed by atoms with Gasteiger partial charge < -0.3 is 15.3 Å². The zero-order valence-corrected chi connectivity index (χ0v) is 19.2. The first kappa shape index (κ1) is 26.7. The molecule has 1 heterocycles. The van der Waals surface area contributed by atoms with E-state index < -0.39 is 5.97 Å². The number of rotatable bonds is 8. The van der Waals surface area contributed by atoms with E-state index in [1.807, 2.05) is 24.0 Å². The summed E-state index contributed by atoms with van der Waals surface area (Å²) in [7, 11) is 0. The van der Waals surface area contributed by atoms with Gasteiger partial charge in [-0.3, -0.25) is 4.79 Å². The second-order valence-corrected chi connectivity index (χ2v) is 6.87. The van der Waals surface area contributed by atoms with Crippen LogP contribution in [-0.2, 0) is 0 Å². The van der Waals surface area contributed by atoms with Crippen LogP contribution in [0.1, 0.15) is 26.3 Å². The molecular formula is C24H25Cl2N3O3. The zero-order chi connectivity index (χ0) is 21.7. The van der Waals surface area contributed by atoms with E-state index in [1.165, 1.54) is 6.07 Å². The predicted molar refractivity (Wildman–Crippen MR) is 135 cm³/mol. The van der Waals surface area contributed by atoms with Crippen LogP contribution >= 0.6 is 24.8 Å². The molecule has 0 saturated carbocycles. The van der Waals surface area contributed by atoms with Crippen molar-refractivity contribution < 1.29 is 14.7 Å². The molecule has 0 radical (unpaired) electrons. The van der Waals surface area contributed by atoms with Crippen molar-refractivity contribution >= 4 is 59.1 Å². The molecule has 0 aliphatic carbocycles. The Balaban J connectivity index is 0.00000256. The highest BCUT2D eigenvalue weighted by molar-refractivity contribution is 6.08. The van der Waals surface area contributed by atoms with Gasteiger partial charge in [0.05, 0.1) is 11.1 Å².